The van der Waals surface area contributed by atoms with E-state index in [1.54, 1.807) is 0 Å². The zero-order valence-electron chi connectivity index (χ0n) is 12.9. The van der Waals surface area contributed by atoms with Crippen molar-refractivity contribution in [2.75, 3.05) is 46.5 Å². The molecule has 2 aliphatic heterocycles. The van der Waals surface area contributed by atoms with Gasteiger partial charge in [0, 0.05) is 19.5 Å². The van der Waals surface area contributed by atoms with Gasteiger partial charge in [0.1, 0.15) is 0 Å². The van der Waals surface area contributed by atoms with E-state index in [0.29, 0.717) is 32.7 Å². The second-order valence-electron chi connectivity index (χ2n) is 5.66. The molecule has 6 nitrogen and oxygen atoms in total. The van der Waals surface area contributed by atoms with Crippen LogP contribution in [0.5, 0.6) is 0 Å². The van der Waals surface area contributed by atoms with Crippen molar-refractivity contribution >= 4 is 11.9 Å². The summed E-state index contributed by atoms with van der Waals surface area (Å²) in [5.41, 5.74) is 0. The Bertz CT molecular complexity index is 356. The van der Waals surface area contributed by atoms with E-state index in [9.17, 15) is 9.59 Å². The van der Waals surface area contributed by atoms with Crippen molar-refractivity contribution in [2.45, 2.75) is 38.1 Å². The zero-order valence-corrected chi connectivity index (χ0v) is 12.9. The Morgan fingerprint density at radius 2 is 1.95 bits per heavy atom. The van der Waals surface area contributed by atoms with Crippen LogP contribution >= 0.6 is 0 Å². The second kappa shape index (κ2) is 8.34. The molecule has 6 heteroatoms. The number of methoxy groups -OCH3 is 1. The molecule has 1 atom stereocenters. The molecule has 0 aliphatic carbocycles. The first-order valence-corrected chi connectivity index (χ1v) is 7.90. The number of morpholine rings is 1. The Morgan fingerprint density at radius 1 is 1.19 bits per heavy atom. The standard InChI is InChI=1S/C15H26N2O4/c1-20-14(18)6-4-8-16-7-3-2-5-13(16)15(19)17-9-11-21-12-10-17/h13H,2-12H2,1H3/t13-/m1/s1. The molecular weight excluding hydrogens is 272 g/mol. The molecule has 0 aromatic carbocycles. The SMILES string of the molecule is COC(=O)CCCN1CCCC[C@@H]1C(=O)N1CCOCC1. The van der Waals surface area contributed by atoms with Gasteiger partial charge in [0.15, 0.2) is 0 Å². The molecule has 0 saturated carbocycles. The molecular formula is C15H26N2O4. The van der Waals surface area contributed by atoms with Gasteiger partial charge < -0.3 is 14.4 Å². The monoisotopic (exact) mass is 298 g/mol. The van der Waals surface area contributed by atoms with E-state index in [4.69, 9.17) is 4.74 Å². The van der Waals surface area contributed by atoms with Gasteiger partial charge in [0.05, 0.1) is 26.4 Å². The summed E-state index contributed by atoms with van der Waals surface area (Å²) >= 11 is 0. The number of hydrogen-bond acceptors (Lipinski definition) is 5. The lowest BCUT2D eigenvalue weighted by atomic mass is 10.00. The predicted molar refractivity (Wildman–Crippen MR) is 77.9 cm³/mol. The normalized spacial score (nSPS) is 23.9. The molecule has 0 radical (unpaired) electrons. The van der Waals surface area contributed by atoms with Gasteiger partial charge in [0.25, 0.3) is 0 Å². The molecule has 1 amide bonds. The summed E-state index contributed by atoms with van der Waals surface area (Å²) in [6, 6.07) is -0.0190. The third-order valence-electron chi connectivity index (χ3n) is 4.28. The number of carbonyl (C=O) groups is 2. The fraction of sp³-hybridized carbons (Fsp3) is 0.867. The number of esters is 1. The van der Waals surface area contributed by atoms with Crippen molar-refractivity contribution in [3.8, 4) is 0 Å². The largest absolute Gasteiger partial charge is 0.469 e. The molecule has 2 fully saturated rings. The average molecular weight is 298 g/mol. The number of nitrogens with zero attached hydrogens (tertiary/aromatic N) is 2. The highest BCUT2D eigenvalue weighted by molar-refractivity contribution is 5.82. The topological polar surface area (TPSA) is 59.1 Å². The first kappa shape index (κ1) is 16.2. The first-order chi connectivity index (χ1) is 10.2. The average Bonchev–Trinajstić information content (AvgIpc) is 2.55. The highest BCUT2D eigenvalue weighted by atomic mass is 16.5. The summed E-state index contributed by atoms with van der Waals surface area (Å²) in [5.74, 6) is 0.0548. The van der Waals surface area contributed by atoms with Gasteiger partial charge in [-0.3, -0.25) is 14.5 Å². The molecule has 0 bridgehead atoms. The van der Waals surface area contributed by atoms with E-state index in [0.717, 1.165) is 38.8 Å². The summed E-state index contributed by atoms with van der Waals surface area (Å²) in [5, 5.41) is 0. The van der Waals surface area contributed by atoms with Crippen molar-refractivity contribution in [3.05, 3.63) is 0 Å². The number of ether oxygens (including phenoxy) is 2. The molecule has 2 saturated heterocycles. The summed E-state index contributed by atoms with van der Waals surface area (Å²) < 4.78 is 9.97. The lowest BCUT2D eigenvalue weighted by molar-refractivity contribution is -0.142. The Balaban J connectivity index is 1.85. The highest BCUT2D eigenvalue weighted by Gasteiger charge is 2.32. The lowest BCUT2D eigenvalue weighted by Gasteiger charge is -2.38. The van der Waals surface area contributed by atoms with E-state index in [1.165, 1.54) is 7.11 Å². The van der Waals surface area contributed by atoms with Gasteiger partial charge in [-0.15, -0.1) is 0 Å². The number of hydrogen-bond donors (Lipinski definition) is 0. The third-order valence-corrected chi connectivity index (χ3v) is 4.28. The van der Waals surface area contributed by atoms with Crippen LogP contribution < -0.4 is 0 Å². The minimum atomic E-state index is -0.178. The Kier molecular flexibility index (Phi) is 6.45. The summed E-state index contributed by atoms with van der Waals surface area (Å²) in [6.07, 6.45) is 4.33. The van der Waals surface area contributed by atoms with Crippen LogP contribution in [0, 0.1) is 0 Å². The highest BCUT2D eigenvalue weighted by Crippen LogP contribution is 2.20. The number of amides is 1. The maximum absolute atomic E-state index is 12.7. The van der Waals surface area contributed by atoms with Crippen LogP contribution in [0.4, 0.5) is 0 Å². The molecule has 0 unspecified atom stereocenters. The van der Waals surface area contributed by atoms with Crippen LogP contribution in [0.1, 0.15) is 32.1 Å². The van der Waals surface area contributed by atoms with Gasteiger partial charge in [0.2, 0.25) is 5.91 Å². The zero-order chi connectivity index (χ0) is 15.1. The number of carbonyl (C=O) groups excluding carboxylic acids is 2. The maximum Gasteiger partial charge on any atom is 0.305 e. The smallest absolute Gasteiger partial charge is 0.305 e. The summed E-state index contributed by atoms with van der Waals surface area (Å²) in [4.78, 5) is 28.0. The molecule has 2 rings (SSSR count). The molecule has 0 aromatic rings. The van der Waals surface area contributed by atoms with E-state index < -0.39 is 0 Å². The number of likely N-dealkylation sites (tertiary alicyclic amines) is 1. The molecule has 0 spiro atoms. The maximum atomic E-state index is 12.7. The molecule has 2 heterocycles. The van der Waals surface area contributed by atoms with Gasteiger partial charge in [-0.05, 0) is 32.4 Å². The second-order valence-corrected chi connectivity index (χ2v) is 5.66. The van der Waals surface area contributed by atoms with Gasteiger partial charge in [-0.2, -0.15) is 0 Å². The molecule has 0 aromatic heterocycles. The van der Waals surface area contributed by atoms with E-state index >= 15 is 0 Å². The van der Waals surface area contributed by atoms with Crippen molar-refractivity contribution in [2.24, 2.45) is 0 Å². The Labute approximate surface area is 126 Å². The minimum Gasteiger partial charge on any atom is -0.469 e. The van der Waals surface area contributed by atoms with Gasteiger partial charge in [-0.1, -0.05) is 6.42 Å². The third kappa shape index (κ3) is 4.68. The predicted octanol–water partition coefficient (Wildman–Crippen LogP) is 0.653. The van der Waals surface area contributed by atoms with Gasteiger partial charge >= 0.3 is 5.97 Å². The van der Waals surface area contributed by atoms with Crippen LogP contribution in [0.15, 0.2) is 0 Å². The number of rotatable bonds is 5. The Hall–Kier alpha value is -1.14. The van der Waals surface area contributed by atoms with E-state index in [1.807, 2.05) is 4.90 Å². The molecule has 21 heavy (non-hydrogen) atoms. The van der Waals surface area contributed by atoms with Crippen molar-refractivity contribution < 1.29 is 19.1 Å². The quantitative estimate of drug-likeness (QED) is 0.698. The van der Waals surface area contributed by atoms with Crippen LogP contribution in [0.3, 0.4) is 0 Å². The fourth-order valence-electron chi connectivity index (χ4n) is 3.06. The minimum absolute atomic E-state index is 0.0190. The van der Waals surface area contributed by atoms with E-state index in [2.05, 4.69) is 9.64 Å². The van der Waals surface area contributed by atoms with Crippen LogP contribution in [-0.4, -0.2) is 74.2 Å². The lowest BCUT2D eigenvalue weighted by Crippen LogP contribution is -2.53. The number of piperidine rings is 1. The fourth-order valence-corrected chi connectivity index (χ4v) is 3.06. The molecule has 2 aliphatic rings. The van der Waals surface area contributed by atoms with Gasteiger partial charge in [-0.25, -0.2) is 0 Å². The summed E-state index contributed by atoms with van der Waals surface area (Å²) in [6.45, 7) is 4.41. The van der Waals surface area contributed by atoms with E-state index in [-0.39, 0.29) is 17.9 Å². The van der Waals surface area contributed by atoms with Crippen molar-refractivity contribution in [1.82, 2.24) is 9.80 Å². The Morgan fingerprint density at radius 3 is 2.67 bits per heavy atom. The van der Waals surface area contributed by atoms with Crippen molar-refractivity contribution in [3.63, 3.8) is 0 Å². The van der Waals surface area contributed by atoms with Crippen LogP contribution in [0.25, 0.3) is 0 Å². The van der Waals surface area contributed by atoms with Crippen molar-refractivity contribution in [1.29, 1.82) is 0 Å². The summed E-state index contributed by atoms with van der Waals surface area (Å²) in [7, 11) is 1.41. The molecule has 0 N–H and O–H groups in total. The van der Waals surface area contributed by atoms with Crippen LogP contribution in [-0.2, 0) is 19.1 Å². The molecule has 120 valence electrons. The first-order valence-electron chi connectivity index (χ1n) is 7.90. The van der Waals surface area contributed by atoms with Crippen LogP contribution in [0.2, 0.25) is 0 Å².